The molecular weight excluding hydrogens is 296 g/mol. The van der Waals surface area contributed by atoms with Crippen LogP contribution in [-0.4, -0.2) is 30.6 Å². The molecule has 1 amide bonds. The van der Waals surface area contributed by atoms with Gasteiger partial charge in [-0.25, -0.2) is 4.98 Å². The van der Waals surface area contributed by atoms with Crippen LogP contribution in [0.1, 0.15) is 22.4 Å². The van der Waals surface area contributed by atoms with Gasteiger partial charge in [-0.3, -0.25) is 4.79 Å². The van der Waals surface area contributed by atoms with Gasteiger partial charge in [-0.2, -0.15) is 0 Å². The highest BCUT2D eigenvalue weighted by Gasteiger charge is 2.16. The molecule has 2 rings (SSSR count). The van der Waals surface area contributed by atoms with E-state index in [-0.39, 0.29) is 11.9 Å². The topological polar surface area (TPSA) is 51.2 Å². The lowest BCUT2D eigenvalue weighted by molar-refractivity contribution is -0.121. The first-order valence-corrected chi connectivity index (χ1v) is 8.13. The predicted octanol–water partition coefficient (Wildman–Crippen LogP) is 3.12. The number of hydrogen-bond acceptors (Lipinski definition) is 4. The van der Waals surface area contributed by atoms with Crippen LogP contribution in [0, 0.1) is 13.8 Å². The van der Waals surface area contributed by atoms with Crippen molar-refractivity contribution in [3.8, 4) is 11.3 Å². The van der Waals surface area contributed by atoms with E-state index in [1.165, 1.54) is 5.56 Å². The predicted molar refractivity (Wildman–Crippen MR) is 90.2 cm³/mol. The number of benzene rings is 1. The van der Waals surface area contributed by atoms with Crippen LogP contribution in [0.3, 0.4) is 0 Å². The van der Waals surface area contributed by atoms with Crippen LogP contribution in [0.5, 0.6) is 0 Å². The van der Waals surface area contributed by atoms with Crippen molar-refractivity contribution in [1.29, 1.82) is 0 Å². The Morgan fingerprint density at radius 3 is 2.64 bits per heavy atom. The number of thiazole rings is 1. The second-order valence-electron chi connectivity index (χ2n) is 5.47. The first-order valence-electron chi connectivity index (χ1n) is 7.31. The summed E-state index contributed by atoms with van der Waals surface area (Å²) in [5.41, 5.74) is 3.18. The Balaban J connectivity index is 2.15. The summed E-state index contributed by atoms with van der Waals surface area (Å²) < 4.78 is 5.04. The summed E-state index contributed by atoms with van der Waals surface area (Å²) in [4.78, 5) is 17.8. The monoisotopic (exact) mass is 318 g/mol. The van der Waals surface area contributed by atoms with Crippen molar-refractivity contribution in [2.24, 2.45) is 0 Å². The van der Waals surface area contributed by atoms with E-state index in [1.807, 2.05) is 13.8 Å². The highest BCUT2D eigenvalue weighted by molar-refractivity contribution is 7.12. The summed E-state index contributed by atoms with van der Waals surface area (Å²) in [6.45, 7) is 6.47. The van der Waals surface area contributed by atoms with Gasteiger partial charge in [-0.05, 0) is 20.8 Å². The molecule has 0 saturated carbocycles. The van der Waals surface area contributed by atoms with E-state index in [9.17, 15) is 4.79 Å². The Bertz CT molecular complexity index is 635. The van der Waals surface area contributed by atoms with E-state index in [0.29, 0.717) is 13.0 Å². The highest BCUT2D eigenvalue weighted by Crippen LogP contribution is 2.28. The standard InChI is InChI=1S/C17H22N2O2S/c1-11-5-7-14(8-6-11)17-15(22-13(3)19-17)9-16(20)18-12(2)10-21-4/h5-8,12H,9-10H2,1-4H3,(H,18,20)/t12-/m0/s1. The highest BCUT2D eigenvalue weighted by atomic mass is 32.1. The van der Waals surface area contributed by atoms with E-state index in [0.717, 1.165) is 21.1 Å². The fourth-order valence-corrected chi connectivity index (χ4v) is 3.25. The van der Waals surface area contributed by atoms with Gasteiger partial charge in [-0.1, -0.05) is 29.8 Å². The number of aromatic nitrogens is 1. The molecule has 0 spiro atoms. The molecule has 22 heavy (non-hydrogen) atoms. The first-order chi connectivity index (χ1) is 10.5. The molecule has 1 atom stereocenters. The van der Waals surface area contributed by atoms with Gasteiger partial charge >= 0.3 is 0 Å². The van der Waals surface area contributed by atoms with Crippen molar-refractivity contribution in [3.05, 3.63) is 39.7 Å². The first kappa shape index (κ1) is 16.6. The molecule has 1 heterocycles. The molecule has 1 aromatic carbocycles. The largest absolute Gasteiger partial charge is 0.383 e. The van der Waals surface area contributed by atoms with Gasteiger partial charge in [0.25, 0.3) is 0 Å². The quantitative estimate of drug-likeness (QED) is 0.890. The van der Waals surface area contributed by atoms with E-state index >= 15 is 0 Å². The molecule has 0 fully saturated rings. The maximum absolute atomic E-state index is 12.2. The van der Waals surface area contributed by atoms with Gasteiger partial charge in [0.2, 0.25) is 5.91 Å². The number of methoxy groups -OCH3 is 1. The molecule has 118 valence electrons. The summed E-state index contributed by atoms with van der Waals surface area (Å²) in [5.74, 6) is 0.00145. The van der Waals surface area contributed by atoms with Crippen molar-refractivity contribution in [3.63, 3.8) is 0 Å². The number of amides is 1. The molecule has 0 aliphatic rings. The third kappa shape index (κ3) is 4.39. The lowest BCUT2D eigenvalue weighted by Crippen LogP contribution is -2.36. The summed E-state index contributed by atoms with van der Waals surface area (Å²) >= 11 is 1.58. The zero-order chi connectivity index (χ0) is 16.1. The van der Waals surface area contributed by atoms with E-state index in [4.69, 9.17) is 4.74 Å². The van der Waals surface area contributed by atoms with Crippen molar-refractivity contribution >= 4 is 17.2 Å². The van der Waals surface area contributed by atoms with Crippen molar-refractivity contribution in [2.75, 3.05) is 13.7 Å². The number of nitrogens with zero attached hydrogens (tertiary/aromatic N) is 1. The molecule has 5 heteroatoms. The third-order valence-electron chi connectivity index (χ3n) is 3.27. The average molecular weight is 318 g/mol. The van der Waals surface area contributed by atoms with Gasteiger partial charge < -0.3 is 10.1 Å². The Morgan fingerprint density at radius 2 is 2.00 bits per heavy atom. The molecule has 0 aliphatic heterocycles. The molecule has 0 radical (unpaired) electrons. The molecule has 4 nitrogen and oxygen atoms in total. The average Bonchev–Trinajstić information content (AvgIpc) is 2.80. The van der Waals surface area contributed by atoms with Crippen molar-refractivity contribution < 1.29 is 9.53 Å². The molecule has 0 bridgehead atoms. The number of hydrogen-bond donors (Lipinski definition) is 1. The Kier molecular flexibility index (Phi) is 5.69. The molecule has 1 N–H and O–H groups in total. The van der Waals surface area contributed by atoms with Crippen LogP contribution >= 0.6 is 11.3 Å². The molecule has 0 unspecified atom stereocenters. The van der Waals surface area contributed by atoms with Gasteiger partial charge in [0, 0.05) is 23.6 Å². The number of aryl methyl sites for hydroxylation is 2. The van der Waals surface area contributed by atoms with Crippen molar-refractivity contribution in [1.82, 2.24) is 10.3 Å². The molecule has 0 aliphatic carbocycles. The van der Waals surface area contributed by atoms with Gasteiger partial charge in [0.05, 0.1) is 23.7 Å². The molecular formula is C17H22N2O2S. The normalized spacial score (nSPS) is 12.2. The Hall–Kier alpha value is -1.72. The van der Waals surface area contributed by atoms with Crippen LogP contribution in [0.15, 0.2) is 24.3 Å². The van der Waals surface area contributed by atoms with E-state index < -0.39 is 0 Å². The molecule has 1 aromatic heterocycles. The van der Waals surface area contributed by atoms with Gasteiger partial charge in [0.1, 0.15) is 0 Å². The molecule has 2 aromatic rings. The Morgan fingerprint density at radius 1 is 1.32 bits per heavy atom. The van der Waals surface area contributed by atoms with E-state index in [1.54, 1.807) is 18.4 Å². The summed E-state index contributed by atoms with van der Waals surface area (Å²) in [6.07, 6.45) is 0.350. The smallest absolute Gasteiger partial charge is 0.225 e. The zero-order valence-electron chi connectivity index (χ0n) is 13.5. The van der Waals surface area contributed by atoms with Crippen LogP contribution in [0.2, 0.25) is 0 Å². The van der Waals surface area contributed by atoms with E-state index in [2.05, 4.69) is 41.5 Å². The number of rotatable bonds is 6. The number of ether oxygens (including phenoxy) is 1. The number of carbonyl (C=O) groups is 1. The van der Waals surface area contributed by atoms with Crippen LogP contribution < -0.4 is 5.32 Å². The minimum atomic E-state index is 0.00145. The lowest BCUT2D eigenvalue weighted by Gasteiger charge is -2.12. The summed E-state index contributed by atoms with van der Waals surface area (Å²) in [5, 5.41) is 3.92. The summed E-state index contributed by atoms with van der Waals surface area (Å²) in [7, 11) is 1.63. The fourth-order valence-electron chi connectivity index (χ4n) is 2.29. The van der Waals surface area contributed by atoms with Crippen LogP contribution in [0.25, 0.3) is 11.3 Å². The second-order valence-corrected chi connectivity index (χ2v) is 6.76. The van der Waals surface area contributed by atoms with Gasteiger partial charge in [-0.15, -0.1) is 11.3 Å². The summed E-state index contributed by atoms with van der Waals surface area (Å²) in [6, 6.07) is 8.25. The fraction of sp³-hybridized carbons (Fsp3) is 0.412. The lowest BCUT2D eigenvalue weighted by atomic mass is 10.1. The maximum Gasteiger partial charge on any atom is 0.225 e. The second kappa shape index (κ2) is 7.51. The van der Waals surface area contributed by atoms with Gasteiger partial charge in [0.15, 0.2) is 0 Å². The minimum absolute atomic E-state index is 0.00145. The van der Waals surface area contributed by atoms with Crippen LogP contribution in [-0.2, 0) is 16.0 Å². The van der Waals surface area contributed by atoms with Crippen molar-refractivity contribution in [2.45, 2.75) is 33.2 Å². The number of carbonyl (C=O) groups excluding carboxylic acids is 1. The van der Waals surface area contributed by atoms with Crippen LogP contribution in [0.4, 0.5) is 0 Å². The molecule has 0 saturated heterocycles. The zero-order valence-corrected chi connectivity index (χ0v) is 14.3. The number of nitrogens with one attached hydrogen (secondary N) is 1. The minimum Gasteiger partial charge on any atom is -0.383 e. The Labute approximate surface area is 135 Å². The SMILES string of the molecule is COC[C@H](C)NC(=O)Cc1sc(C)nc1-c1ccc(C)cc1. The maximum atomic E-state index is 12.2. The third-order valence-corrected chi connectivity index (χ3v) is 4.25.